The van der Waals surface area contributed by atoms with Crippen LogP contribution in [0.5, 0.6) is 0 Å². The summed E-state index contributed by atoms with van der Waals surface area (Å²) in [6.45, 7) is 4.61. The van der Waals surface area contributed by atoms with Crippen molar-refractivity contribution in [2.24, 2.45) is 0 Å². The maximum absolute atomic E-state index is 12.7. The molecule has 0 rings (SSSR count). The number of unbranched alkanes of at least 4 members (excludes halogenated alkanes) is 9. The molecule has 0 saturated carbocycles. The lowest BCUT2D eigenvalue weighted by molar-refractivity contribution is -0.870. The number of quaternary nitrogens is 1. The minimum atomic E-state index is -1.53. The van der Waals surface area contributed by atoms with E-state index in [0.29, 0.717) is 17.4 Å². The second kappa shape index (κ2) is 39.3. The van der Waals surface area contributed by atoms with Crippen LogP contribution in [0.3, 0.4) is 0 Å². The molecule has 0 aromatic rings. The van der Waals surface area contributed by atoms with Gasteiger partial charge in [-0.3, -0.25) is 9.59 Å². The Morgan fingerprint density at radius 1 is 0.544 bits per heavy atom. The number of carbonyl (C=O) groups excluding carboxylic acids is 2. The number of likely N-dealkylation sites (N-methyl/N-ethyl adjacent to an activating group) is 1. The van der Waals surface area contributed by atoms with E-state index in [-0.39, 0.29) is 38.6 Å². The van der Waals surface area contributed by atoms with Gasteiger partial charge in [-0.1, -0.05) is 137 Å². The van der Waals surface area contributed by atoms with Crippen LogP contribution in [0.15, 0.2) is 85.1 Å². The number of ether oxygens (including phenoxy) is 4. The van der Waals surface area contributed by atoms with Crippen molar-refractivity contribution < 1.29 is 42.9 Å². The van der Waals surface area contributed by atoms with Crippen LogP contribution in [0.1, 0.15) is 142 Å². The SMILES string of the molecule is CC/C=C\C/C=C\C/C=C\C/C=C\C/C=C\C/C=C\CCC(=O)OC(COC(=O)CCCCCCC/C=C\CCCCCC)COC(OCC[N+](C)(C)C)C(=O)O. The highest BCUT2D eigenvalue weighted by atomic mass is 16.7. The molecule has 0 heterocycles. The average molecular weight is 799 g/mol. The summed E-state index contributed by atoms with van der Waals surface area (Å²) in [6.07, 6.45) is 46.6. The highest BCUT2D eigenvalue weighted by molar-refractivity contribution is 5.71. The number of carboxylic acids is 1. The molecule has 9 nitrogen and oxygen atoms in total. The molecule has 2 atom stereocenters. The lowest BCUT2D eigenvalue weighted by Crippen LogP contribution is -2.40. The number of hydrogen-bond acceptors (Lipinski definition) is 7. The fourth-order valence-electron chi connectivity index (χ4n) is 5.27. The zero-order chi connectivity index (χ0) is 42.1. The van der Waals surface area contributed by atoms with Gasteiger partial charge in [-0.15, -0.1) is 0 Å². The molecule has 0 aromatic carbocycles. The van der Waals surface area contributed by atoms with Gasteiger partial charge in [0.2, 0.25) is 0 Å². The molecule has 0 aromatic heterocycles. The van der Waals surface area contributed by atoms with Gasteiger partial charge in [0.25, 0.3) is 6.29 Å². The Labute approximate surface area is 347 Å². The third-order valence-electron chi connectivity index (χ3n) is 8.65. The molecule has 0 bridgehead atoms. The van der Waals surface area contributed by atoms with Gasteiger partial charge in [0.15, 0.2) is 6.10 Å². The summed E-state index contributed by atoms with van der Waals surface area (Å²) < 4.78 is 22.6. The summed E-state index contributed by atoms with van der Waals surface area (Å²) in [4.78, 5) is 37.0. The van der Waals surface area contributed by atoms with Crippen LogP contribution >= 0.6 is 0 Å². The second-order valence-corrected chi connectivity index (χ2v) is 15.3. The zero-order valence-corrected chi connectivity index (χ0v) is 36.5. The Morgan fingerprint density at radius 2 is 1.04 bits per heavy atom. The summed E-state index contributed by atoms with van der Waals surface area (Å²) >= 11 is 0. The Kier molecular flexibility index (Phi) is 36.9. The minimum absolute atomic E-state index is 0.129. The monoisotopic (exact) mass is 799 g/mol. The predicted octanol–water partition coefficient (Wildman–Crippen LogP) is 11.3. The van der Waals surface area contributed by atoms with Crippen LogP contribution in [-0.2, 0) is 33.3 Å². The normalized spacial score (nSPS) is 13.8. The van der Waals surface area contributed by atoms with Crippen molar-refractivity contribution >= 4 is 17.9 Å². The summed E-state index contributed by atoms with van der Waals surface area (Å²) in [7, 11) is 5.92. The highest BCUT2D eigenvalue weighted by Gasteiger charge is 2.25. The average Bonchev–Trinajstić information content (AvgIpc) is 3.17. The number of rotatable bonds is 38. The van der Waals surface area contributed by atoms with Crippen LogP contribution in [0.4, 0.5) is 0 Å². The first-order valence-electron chi connectivity index (χ1n) is 21.8. The van der Waals surface area contributed by atoms with E-state index in [9.17, 15) is 19.5 Å². The fourth-order valence-corrected chi connectivity index (χ4v) is 5.27. The standard InChI is InChI=1S/C48H79NO8/c1-6-8-10-12-14-16-18-20-21-22-23-24-25-27-29-31-33-35-37-39-46(51)57-44(43-56-48(47(52)53)54-41-40-49(3,4)5)42-55-45(50)38-36-34-32-30-28-26-19-17-15-13-11-9-7-2/h8,10,14,16-17,19-21,23-24,27,29,33,35,44,48H,6-7,9,11-13,15,18,22,25-26,28,30-32,34,36-43H2,1-5H3/p+1/b10-8-,16-14-,19-17-,21-20-,24-23-,29-27-,35-33-. The van der Waals surface area contributed by atoms with Gasteiger partial charge in [-0.25, -0.2) is 4.79 Å². The van der Waals surface area contributed by atoms with Gasteiger partial charge in [0.05, 0.1) is 34.4 Å². The first kappa shape index (κ1) is 53.5. The van der Waals surface area contributed by atoms with E-state index >= 15 is 0 Å². The Balaban J connectivity index is 4.63. The van der Waals surface area contributed by atoms with Gasteiger partial charge in [0, 0.05) is 12.8 Å². The quantitative estimate of drug-likeness (QED) is 0.0216. The predicted molar refractivity (Wildman–Crippen MR) is 235 cm³/mol. The molecule has 57 heavy (non-hydrogen) atoms. The molecule has 0 aliphatic heterocycles. The summed E-state index contributed by atoms with van der Waals surface area (Å²) in [5, 5.41) is 9.62. The van der Waals surface area contributed by atoms with Gasteiger partial charge >= 0.3 is 17.9 Å². The van der Waals surface area contributed by atoms with Crippen LogP contribution in [0.2, 0.25) is 0 Å². The molecule has 0 spiro atoms. The molecule has 324 valence electrons. The molecule has 0 radical (unpaired) electrons. The highest BCUT2D eigenvalue weighted by Crippen LogP contribution is 2.11. The van der Waals surface area contributed by atoms with Gasteiger partial charge in [-0.05, 0) is 77.0 Å². The van der Waals surface area contributed by atoms with Crippen molar-refractivity contribution in [1.82, 2.24) is 0 Å². The lowest BCUT2D eigenvalue weighted by Gasteiger charge is -2.25. The van der Waals surface area contributed by atoms with E-state index in [1.807, 2.05) is 33.3 Å². The second-order valence-electron chi connectivity index (χ2n) is 15.3. The van der Waals surface area contributed by atoms with Crippen LogP contribution in [-0.4, -0.2) is 87.4 Å². The molecule has 2 unspecified atom stereocenters. The molecule has 0 aliphatic rings. The van der Waals surface area contributed by atoms with Crippen LogP contribution < -0.4 is 0 Å². The summed E-state index contributed by atoms with van der Waals surface area (Å²) in [5.41, 5.74) is 0. The number of nitrogens with zero attached hydrogens (tertiary/aromatic N) is 1. The number of aliphatic carboxylic acids is 1. The third-order valence-corrected chi connectivity index (χ3v) is 8.65. The Morgan fingerprint density at radius 3 is 1.56 bits per heavy atom. The molecule has 1 N–H and O–H groups in total. The molecular weight excluding hydrogens is 719 g/mol. The maximum atomic E-state index is 12.7. The van der Waals surface area contributed by atoms with Crippen molar-refractivity contribution in [2.45, 2.75) is 155 Å². The number of carboxylic acid groups (broad SMARTS) is 1. The Bertz CT molecular complexity index is 1210. The van der Waals surface area contributed by atoms with Crippen molar-refractivity contribution in [1.29, 1.82) is 0 Å². The molecule has 0 fully saturated rings. The van der Waals surface area contributed by atoms with E-state index in [0.717, 1.165) is 77.0 Å². The van der Waals surface area contributed by atoms with Crippen molar-refractivity contribution in [3.05, 3.63) is 85.1 Å². The van der Waals surface area contributed by atoms with E-state index in [1.165, 1.54) is 32.1 Å². The van der Waals surface area contributed by atoms with E-state index in [2.05, 4.69) is 86.8 Å². The summed E-state index contributed by atoms with van der Waals surface area (Å²) in [6, 6.07) is 0. The number of carbonyl (C=O) groups is 3. The lowest BCUT2D eigenvalue weighted by atomic mass is 10.1. The van der Waals surface area contributed by atoms with Gasteiger partial charge in [0.1, 0.15) is 13.2 Å². The van der Waals surface area contributed by atoms with Crippen molar-refractivity contribution in [3.8, 4) is 0 Å². The fraction of sp³-hybridized carbons (Fsp3) is 0.646. The smallest absolute Gasteiger partial charge is 0.361 e. The molecule has 0 aliphatic carbocycles. The topological polar surface area (TPSA) is 108 Å². The van der Waals surface area contributed by atoms with Crippen molar-refractivity contribution in [2.75, 3.05) is 47.5 Å². The van der Waals surface area contributed by atoms with E-state index in [4.69, 9.17) is 18.9 Å². The van der Waals surface area contributed by atoms with Crippen LogP contribution in [0, 0.1) is 0 Å². The first-order valence-corrected chi connectivity index (χ1v) is 21.8. The molecule has 0 amide bonds. The van der Waals surface area contributed by atoms with Gasteiger partial charge in [-0.2, -0.15) is 0 Å². The maximum Gasteiger partial charge on any atom is 0.361 e. The van der Waals surface area contributed by atoms with Crippen LogP contribution in [0.25, 0.3) is 0 Å². The zero-order valence-electron chi connectivity index (χ0n) is 36.5. The minimum Gasteiger partial charge on any atom is -0.477 e. The molecular formula is C48H80NO8+. The Hall–Kier alpha value is -3.53. The molecule has 0 saturated heterocycles. The van der Waals surface area contributed by atoms with E-state index < -0.39 is 24.3 Å². The number of esters is 2. The van der Waals surface area contributed by atoms with E-state index in [1.54, 1.807) is 0 Å². The van der Waals surface area contributed by atoms with Crippen molar-refractivity contribution in [3.63, 3.8) is 0 Å². The first-order chi connectivity index (χ1) is 27.6. The summed E-state index contributed by atoms with van der Waals surface area (Å²) in [5.74, 6) is -2.15. The number of hydrogen-bond donors (Lipinski definition) is 1. The number of allylic oxidation sites excluding steroid dienone is 14. The third kappa shape index (κ3) is 40.5. The molecule has 9 heteroatoms. The largest absolute Gasteiger partial charge is 0.477 e. The van der Waals surface area contributed by atoms with Gasteiger partial charge < -0.3 is 28.5 Å².